The summed E-state index contributed by atoms with van der Waals surface area (Å²) in [6.07, 6.45) is 0. The summed E-state index contributed by atoms with van der Waals surface area (Å²) in [7, 11) is 4.78. The van der Waals surface area contributed by atoms with Crippen LogP contribution < -0.4 is 24.6 Å². The molecule has 0 N–H and O–H groups in total. The fraction of sp³-hybridized carbons (Fsp3) is 0.269. The number of hydrogen-bond donors (Lipinski definition) is 0. The number of ether oxygens (including phenoxy) is 4. The number of benzene rings is 3. The topological polar surface area (TPSA) is 67.1 Å². The lowest BCUT2D eigenvalue weighted by atomic mass is 9.98. The molecule has 6 heteroatoms. The van der Waals surface area contributed by atoms with Crippen molar-refractivity contribution in [3.8, 4) is 23.0 Å². The van der Waals surface area contributed by atoms with E-state index in [1.165, 1.54) is 0 Å². The SMILES string of the molecule is COc1cc(COc2cc3oc(=O)c4cc(C(C)C)ccc4c3cc2OC)cc(OC)c1. The summed E-state index contributed by atoms with van der Waals surface area (Å²) in [5.41, 5.74) is 2.02. The molecular formula is C26H26O6. The van der Waals surface area contributed by atoms with E-state index >= 15 is 0 Å². The van der Waals surface area contributed by atoms with Crippen molar-refractivity contribution in [1.29, 1.82) is 0 Å². The third-order valence-corrected chi connectivity index (χ3v) is 5.49. The van der Waals surface area contributed by atoms with Crippen molar-refractivity contribution < 1.29 is 23.4 Å². The molecule has 0 aliphatic carbocycles. The first kappa shape index (κ1) is 21.6. The van der Waals surface area contributed by atoms with E-state index in [2.05, 4.69) is 13.8 Å². The van der Waals surface area contributed by atoms with Gasteiger partial charge >= 0.3 is 5.63 Å². The van der Waals surface area contributed by atoms with Crippen molar-refractivity contribution in [2.75, 3.05) is 21.3 Å². The van der Waals surface area contributed by atoms with Crippen LogP contribution in [0.4, 0.5) is 0 Å². The summed E-state index contributed by atoms with van der Waals surface area (Å²) in [5.74, 6) is 2.69. The molecule has 0 saturated carbocycles. The molecule has 166 valence electrons. The van der Waals surface area contributed by atoms with Gasteiger partial charge in [-0.3, -0.25) is 0 Å². The zero-order valence-electron chi connectivity index (χ0n) is 18.9. The van der Waals surface area contributed by atoms with E-state index in [0.717, 1.165) is 21.9 Å². The first-order chi connectivity index (χ1) is 15.4. The van der Waals surface area contributed by atoms with Gasteiger partial charge in [0.05, 0.1) is 26.7 Å². The molecule has 32 heavy (non-hydrogen) atoms. The Kier molecular flexibility index (Phi) is 5.95. The van der Waals surface area contributed by atoms with Gasteiger partial charge in [-0.2, -0.15) is 0 Å². The van der Waals surface area contributed by atoms with Gasteiger partial charge in [-0.1, -0.05) is 26.0 Å². The Morgan fingerprint density at radius 3 is 2.12 bits per heavy atom. The van der Waals surface area contributed by atoms with Gasteiger partial charge < -0.3 is 23.4 Å². The minimum atomic E-state index is -0.372. The van der Waals surface area contributed by atoms with Crippen LogP contribution in [0, 0.1) is 0 Å². The third kappa shape index (κ3) is 4.08. The molecule has 1 heterocycles. The molecule has 0 aliphatic heterocycles. The van der Waals surface area contributed by atoms with Crippen LogP contribution in [0.25, 0.3) is 21.7 Å². The van der Waals surface area contributed by atoms with Crippen molar-refractivity contribution in [2.24, 2.45) is 0 Å². The highest BCUT2D eigenvalue weighted by Gasteiger charge is 2.15. The van der Waals surface area contributed by atoms with Crippen LogP contribution in [-0.2, 0) is 6.61 Å². The summed E-state index contributed by atoms with van der Waals surface area (Å²) in [6, 6.07) is 15.0. The highest BCUT2D eigenvalue weighted by molar-refractivity contribution is 6.05. The summed E-state index contributed by atoms with van der Waals surface area (Å²) in [5, 5.41) is 2.17. The molecule has 0 bridgehead atoms. The van der Waals surface area contributed by atoms with Gasteiger partial charge in [0, 0.05) is 22.9 Å². The van der Waals surface area contributed by atoms with Crippen molar-refractivity contribution in [1.82, 2.24) is 0 Å². The number of rotatable bonds is 7. The minimum Gasteiger partial charge on any atom is -0.497 e. The van der Waals surface area contributed by atoms with E-state index in [0.29, 0.717) is 39.9 Å². The molecule has 4 aromatic rings. The van der Waals surface area contributed by atoms with E-state index in [4.69, 9.17) is 23.4 Å². The molecule has 0 aliphatic rings. The highest BCUT2D eigenvalue weighted by Crippen LogP contribution is 2.36. The van der Waals surface area contributed by atoms with E-state index in [1.54, 1.807) is 33.5 Å². The number of hydrogen-bond acceptors (Lipinski definition) is 6. The molecule has 1 aromatic heterocycles. The Hall–Kier alpha value is -3.67. The predicted octanol–water partition coefficient (Wildman–Crippen LogP) is 5.67. The van der Waals surface area contributed by atoms with Crippen LogP contribution in [0.5, 0.6) is 23.0 Å². The Balaban J connectivity index is 1.75. The van der Waals surface area contributed by atoms with Crippen LogP contribution >= 0.6 is 0 Å². The molecule has 3 aromatic carbocycles. The van der Waals surface area contributed by atoms with Crippen LogP contribution in [0.3, 0.4) is 0 Å². The maximum atomic E-state index is 12.7. The summed E-state index contributed by atoms with van der Waals surface area (Å²) >= 11 is 0. The molecular weight excluding hydrogens is 408 g/mol. The fourth-order valence-electron chi connectivity index (χ4n) is 3.70. The van der Waals surface area contributed by atoms with Gasteiger partial charge in [0.15, 0.2) is 11.5 Å². The van der Waals surface area contributed by atoms with Crippen molar-refractivity contribution in [3.05, 3.63) is 70.1 Å². The minimum absolute atomic E-state index is 0.255. The largest absolute Gasteiger partial charge is 0.497 e. The number of methoxy groups -OCH3 is 3. The predicted molar refractivity (Wildman–Crippen MR) is 125 cm³/mol. The second-order valence-electron chi connectivity index (χ2n) is 7.86. The lowest BCUT2D eigenvalue weighted by Gasteiger charge is -2.14. The van der Waals surface area contributed by atoms with Gasteiger partial charge in [0.2, 0.25) is 0 Å². The van der Waals surface area contributed by atoms with Crippen molar-refractivity contribution in [3.63, 3.8) is 0 Å². The Morgan fingerprint density at radius 1 is 0.781 bits per heavy atom. The van der Waals surface area contributed by atoms with Gasteiger partial charge in [0.25, 0.3) is 0 Å². The maximum Gasteiger partial charge on any atom is 0.344 e. The smallest absolute Gasteiger partial charge is 0.344 e. The number of fused-ring (bicyclic) bond motifs is 3. The van der Waals surface area contributed by atoms with Gasteiger partial charge in [-0.05, 0) is 41.3 Å². The molecule has 0 spiro atoms. The summed E-state index contributed by atoms with van der Waals surface area (Å²) in [4.78, 5) is 12.7. The maximum absolute atomic E-state index is 12.7. The van der Waals surface area contributed by atoms with E-state index in [-0.39, 0.29) is 12.2 Å². The van der Waals surface area contributed by atoms with Gasteiger partial charge in [0.1, 0.15) is 23.7 Å². The van der Waals surface area contributed by atoms with Gasteiger partial charge in [-0.25, -0.2) is 4.79 Å². The molecule has 4 rings (SSSR count). The first-order valence-electron chi connectivity index (χ1n) is 10.4. The molecule has 6 nitrogen and oxygen atoms in total. The van der Waals surface area contributed by atoms with Crippen LogP contribution in [0.1, 0.15) is 30.9 Å². The van der Waals surface area contributed by atoms with Crippen molar-refractivity contribution >= 4 is 21.7 Å². The molecule has 0 fully saturated rings. The Morgan fingerprint density at radius 2 is 1.50 bits per heavy atom. The van der Waals surface area contributed by atoms with Crippen LogP contribution in [-0.4, -0.2) is 21.3 Å². The zero-order chi connectivity index (χ0) is 22.8. The average molecular weight is 434 g/mol. The molecule has 0 unspecified atom stereocenters. The Bertz CT molecular complexity index is 1310. The Labute approximate surface area is 186 Å². The zero-order valence-corrected chi connectivity index (χ0v) is 18.9. The standard InChI is InChI=1S/C26H26O6/c1-15(2)17-6-7-20-21-12-24(30-5)25(13-23(21)32-26(27)22(20)10-17)31-14-16-8-18(28-3)11-19(9-16)29-4/h6-13,15H,14H2,1-5H3. The van der Waals surface area contributed by atoms with Crippen molar-refractivity contribution in [2.45, 2.75) is 26.4 Å². The van der Waals surface area contributed by atoms with Crippen LogP contribution in [0.15, 0.2) is 57.7 Å². The van der Waals surface area contributed by atoms with E-state index in [9.17, 15) is 4.79 Å². The molecule has 0 atom stereocenters. The second kappa shape index (κ2) is 8.83. The van der Waals surface area contributed by atoms with E-state index in [1.807, 2.05) is 36.4 Å². The van der Waals surface area contributed by atoms with Crippen LogP contribution in [0.2, 0.25) is 0 Å². The average Bonchev–Trinajstić information content (AvgIpc) is 2.81. The molecule has 0 radical (unpaired) electrons. The second-order valence-corrected chi connectivity index (χ2v) is 7.86. The summed E-state index contributed by atoms with van der Waals surface area (Å²) < 4.78 is 27.9. The quantitative estimate of drug-likeness (QED) is 0.276. The van der Waals surface area contributed by atoms with Gasteiger partial charge in [-0.15, -0.1) is 0 Å². The lowest BCUT2D eigenvalue weighted by molar-refractivity contribution is 0.283. The monoisotopic (exact) mass is 434 g/mol. The third-order valence-electron chi connectivity index (χ3n) is 5.49. The van der Waals surface area contributed by atoms with E-state index < -0.39 is 0 Å². The lowest BCUT2D eigenvalue weighted by Crippen LogP contribution is -2.03. The fourth-order valence-corrected chi connectivity index (χ4v) is 3.70. The highest BCUT2D eigenvalue weighted by atomic mass is 16.5. The normalized spacial score (nSPS) is 11.2. The first-order valence-corrected chi connectivity index (χ1v) is 10.4. The summed E-state index contributed by atoms with van der Waals surface area (Å²) in [6.45, 7) is 4.44. The molecule has 0 saturated heterocycles. The molecule has 0 amide bonds.